The third kappa shape index (κ3) is 23.1. The average Bonchev–Trinajstić information content (AvgIpc) is 2.00. The number of fused-ring (bicyclic) bond motifs is 10. The highest BCUT2D eigenvalue weighted by atomic mass is 33.1. The standard InChI is InChI=1S/C54H82N20O15S2/c1-26-43(80)69-34(20-28-19-27-9-2-3-10-29(27)64-28)48(85)67-32(13-6-16-61-53(57)58)47(84)72-37(42(56)79)24-90-91-25-38-50(87)71-36(23-75)49(86)70-35(21-41(77)78)52(89)74-18-8-15-39(74)51(88)68-33(14-7-17-62-54(59)60)46(83)66-31(44(81)63-26)12-5-4-11-30(45(82)73-38)65-40(76)22-55/h2-3,9-10,19,26,30-39,64,75H,4-8,11-18,20-25,55H2,1H3,(H2,56,79)(H,63,81)(H,65,76)(H,66,83)(H,67,85)(H,68,88)(H,69,80)(H,70,86)(H,71,87)(H,72,84)(H,73,82)(H,77,78)(H4,57,58,61)(H4,59,60,62)/t26-,30-,31-,32-,33-,34-,35-,36-,37-,38-,39?/m0/s1. The molecule has 0 spiro atoms. The molecule has 25 N–H and O–H groups in total. The first-order valence-electron chi connectivity index (χ1n) is 29.4. The van der Waals surface area contributed by atoms with E-state index in [1.807, 2.05) is 0 Å². The Morgan fingerprint density at radius 1 is 0.637 bits per heavy atom. The predicted octanol–water partition coefficient (Wildman–Crippen LogP) is -7.02. The Hall–Kier alpha value is -8.97. The second-order valence-electron chi connectivity index (χ2n) is 21.8. The van der Waals surface area contributed by atoms with Crippen molar-refractivity contribution in [2.75, 3.05) is 44.3 Å². The van der Waals surface area contributed by atoms with Crippen LogP contribution in [0.5, 0.6) is 0 Å². The first kappa shape index (κ1) is 72.8. The van der Waals surface area contributed by atoms with Crippen molar-refractivity contribution >= 4 is 121 Å². The Kier molecular flexibility index (Phi) is 28.8. The van der Waals surface area contributed by atoms with E-state index in [4.69, 9.17) is 33.8 Å². The summed E-state index contributed by atoms with van der Waals surface area (Å²) in [5.74, 6) is -15.1. The van der Waals surface area contributed by atoms with E-state index in [0.717, 1.165) is 31.9 Å². The van der Waals surface area contributed by atoms with Crippen molar-refractivity contribution < 1.29 is 72.5 Å². The van der Waals surface area contributed by atoms with Gasteiger partial charge in [-0.1, -0.05) is 52.6 Å². The number of hydrogen-bond donors (Lipinski definition) is 21. The number of carboxylic acids is 1. The largest absolute Gasteiger partial charge is 0.481 e. The van der Waals surface area contributed by atoms with Gasteiger partial charge in [0, 0.05) is 48.8 Å². The quantitative estimate of drug-likeness (QED) is 0.0321. The van der Waals surface area contributed by atoms with E-state index in [9.17, 15) is 72.5 Å². The number of aliphatic hydroxyl groups is 1. The molecule has 3 aliphatic heterocycles. The molecule has 1 aromatic carbocycles. The molecule has 2 bridgehead atoms. The second kappa shape index (κ2) is 36.0. The summed E-state index contributed by atoms with van der Waals surface area (Å²) in [7, 11) is 1.70. The molecule has 3 aliphatic rings. The molecule has 3 fully saturated rings. The monoisotopic (exact) mass is 1310 g/mol. The normalized spacial score (nSPS) is 26.1. The number of nitrogens with one attached hydrogen (secondary N) is 15. The maximum absolute atomic E-state index is 14.6. The van der Waals surface area contributed by atoms with Gasteiger partial charge in [-0.2, -0.15) is 0 Å². The van der Waals surface area contributed by atoms with Crippen LogP contribution >= 0.6 is 21.6 Å². The highest BCUT2D eigenvalue weighted by Gasteiger charge is 2.42. The lowest BCUT2D eigenvalue weighted by molar-refractivity contribution is -0.146. The number of rotatable bonds is 16. The van der Waals surface area contributed by atoms with Crippen molar-refractivity contribution in [3.8, 4) is 0 Å². The van der Waals surface area contributed by atoms with Gasteiger partial charge in [-0.25, -0.2) is 0 Å². The number of H-pyrrole nitrogens is 1. The van der Waals surface area contributed by atoms with Crippen LogP contribution in [0.1, 0.15) is 83.2 Å². The number of primary amides is 1. The maximum Gasteiger partial charge on any atom is 0.305 e. The number of aliphatic hydroxyl groups excluding tert-OH is 1. The van der Waals surface area contributed by atoms with Gasteiger partial charge in [0.2, 0.25) is 70.9 Å². The SMILES string of the molecule is C[C@@H]1NC(=O)[C@@H]2CCCC[C@H](NC(=O)CN)C(=O)N[C@@H](CSSC[C@@H](C(N)=O)NC(=O)[C@H](CCCNC(=N)N)NC(=O)[C@H](Cc3cc4ccccc4[nH]3)NC1=O)C(=O)N[C@@H](CO)C(=O)N[C@@H](CC(=O)O)C(=O)N1CCCC1C(=O)N[C@@H](CCCNC(=N)N)C(=O)N2. The number of nitrogens with two attached hydrogens (primary N) is 4. The lowest BCUT2D eigenvalue weighted by atomic mass is 10.0. The van der Waals surface area contributed by atoms with Gasteiger partial charge in [-0.3, -0.25) is 73.1 Å². The number of guanidine groups is 2. The van der Waals surface area contributed by atoms with Crippen LogP contribution in [0.25, 0.3) is 10.9 Å². The molecule has 2 aromatic rings. The summed E-state index contributed by atoms with van der Waals surface area (Å²) in [6.45, 7) is -0.564. The zero-order valence-corrected chi connectivity index (χ0v) is 51.6. The summed E-state index contributed by atoms with van der Waals surface area (Å²) < 4.78 is 0. The second-order valence-corrected chi connectivity index (χ2v) is 24.4. The number of carboxylic acid groups (broad SMARTS) is 1. The minimum Gasteiger partial charge on any atom is -0.481 e. The van der Waals surface area contributed by atoms with Gasteiger partial charge in [0.05, 0.1) is 19.6 Å². The minimum absolute atomic E-state index is 0.00814. The summed E-state index contributed by atoms with van der Waals surface area (Å²) >= 11 is 0. The number of aromatic amines is 1. The van der Waals surface area contributed by atoms with Crippen LogP contribution in [0.4, 0.5) is 0 Å². The van der Waals surface area contributed by atoms with Crippen LogP contribution in [-0.4, -0.2) is 220 Å². The zero-order chi connectivity index (χ0) is 66.9. The molecule has 35 nitrogen and oxygen atoms in total. The highest BCUT2D eigenvalue weighted by Crippen LogP contribution is 2.25. The number of benzene rings is 1. The molecule has 1 unspecified atom stereocenters. The molecule has 500 valence electrons. The van der Waals surface area contributed by atoms with E-state index in [2.05, 4.69) is 68.8 Å². The lowest BCUT2D eigenvalue weighted by Crippen LogP contribution is -2.61. The van der Waals surface area contributed by atoms with E-state index in [-0.39, 0.29) is 96.0 Å². The lowest BCUT2D eigenvalue weighted by Gasteiger charge is -2.30. The molecular weight excluding hydrogens is 1230 g/mol. The van der Waals surface area contributed by atoms with Crippen LogP contribution in [0.2, 0.25) is 0 Å². The summed E-state index contributed by atoms with van der Waals surface area (Å²) in [5, 5.41) is 66.8. The molecule has 0 radical (unpaired) electrons. The molecule has 3 saturated heterocycles. The highest BCUT2D eigenvalue weighted by molar-refractivity contribution is 8.76. The summed E-state index contributed by atoms with van der Waals surface area (Å²) in [6.07, 6.45) is -1.77. The maximum atomic E-state index is 14.6. The molecule has 37 heteroatoms. The molecule has 1 aromatic heterocycles. The number of nitrogens with zero attached hydrogens (tertiary/aromatic N) is 1. The summed E-state index contributed by atoms with van der Waals surface area (Å²) in [4.78, 5) is 186. The molecule has 4 heterocycles. The van der Waals surface area contributed by atoms with Crippen molar-refractivity contribution in [2.45, 2.75) is 150 Å². The number of para-hydroxylation sites is 1. The van der Waals surface area contributed by atoms with E-state index in [1.165, 1.54) is 6.92 Å². The Morgan fingerprint density at radius 2 is 1.20 bits per heavy atom. The molecule has 91 heavy (non-hydrogen) atoms. The molecule has 11 atom stereocenters. The van der Waals surface area contributed by atoms with Crippen molar-refractivity contribution in [1.29, 1.82) is 10.8 Å². The number of carbonyl (C=O) groups is 13. The van der Waals surface area contributed by atoms with Gasteiger partial charge < -0.3 is 107 Å². The van der Waals surface area contributed by atoms with Crippen LogP contribution < -0.4 is 86.7 Å². The minimum atomic E-state index is -1.94. The zero-order valence-electron chi connectivity index (χ0n) is 49.9. The fraction of sp³-hybridized carbons (Fsp3) is 0.574. The topological polar surface area (TPSA) is 578 Å². The van der Waals surface area contributed by atoms with Gasteiger partial charge in [0.25, 0.3) is 0 Å². The number of hydrogen-bond acceptors (Lipinski definition) is 19. The Bertz CT molecular complexity index is 2980. The van der Waals surface area contributed by atoms with E-state index < -0.39 is 181 Å². The van der Waals surface area contributed by atoms with Crippen LogP contribution in [0, 0.1) is 10.8 Å². The third-order valence-corrected chi connectivity index (χ3v) is 17.3. The van der Waals surface area contributed by atoms with Crippen molar-refractivity contribution in [3.63, 3.8) is 0 Å². The first-order chi connectivity index (χ1) is 43.3. The summed E-state index contributed by atoms with van der Waals surface area (Å²) in [6, 6.07) is -8.50. The predicted molar refractivity (Wildman–Crippen MR) is 331 cm³/mol. The van der Waals surface area contributed by atoms with Crippen LogP contribution in [0.15, 0.2) is 30.3 Å². The molecule has 12 amide bonds. The first-order valence-corrected chi connectivity index (χ1v) is 31.9. The molecule has 0 aliphatic carbocycles. The van der Waals surface area contributed by atoms with E-state index in [0.29, 0.717) is 11.2 Å². The Morgan fingerprint density at radius 3 is 1.82 bits per heavy atom. The molecule has 0 saturated carbocycles. The number of aliphatic carboxylic acids is 1. The van der Waals surface area contributed by atoms with Crippen LogP contribution in [-0.2, 0) is 68.7 Å². The molecular formula is C54H82N20O15S2. The van der Waals surface area contributed by atoms with E-state index in [1.54, 1.807) is 30.3 Å². The summed E-state index contributed by atoms with van der Waals surface area (Å²) in [5.41, 5.74) is 23.5. The van der Waals surface area contributed by atoms with Gasteiger partial charge in [0.15, 0.2) is 11.9 Å². The van der Waals surface area contributed by atoms with Gasteiger partial charge in [0.1, 0.15) is 66.5 Å². The van der Waals surface area contributed by atoms with Crippen LogP contribution in [0.3, 0.4) is 0 Å². The number of amides is 12. The van der Waals surface area contributed by atoms with E-state index >= 15 is 0 Å². The number of aromatic nitrogens is 1. The smallest absolute Gasteiger partial charge is 0.305 e. The third-order valence-electron chi connectivity index (χ3n) is 14.8. The van der Waals surface area contributed by atoms with Gasteiger partial charge >= 0.3 is 5.97 Å². The fourth-order valence-electron chi connectivity index (χ4n) is 10.0. The Labute approximate surface area is 530 Å². The van der Waals surface area contributed by atoms with Crippen molar-refractivity contribution in [3.05, 3.63) is 36.0 Å². The molecule has 5 rings (SSSR count). The average molecular weight is 1320 g/mol. The number of carbonyl (C=O) groups excluding carboxylic acids is 12. The van der Waals surface area contributed by atoms with Crippen molar-refractivity contribution in [1.82, 2.24) is 73.7 Å². The fourth-order valence-corrected chi connectivity index (χ4v) is 12.4. The Balaban J connectivity index is 1.65. The van der Waals surface area contributed by atoms with Gasteiger partial charge in [-0.05, 0) is 75.8 Å². The van der Waals surface area contributed by atoms with Gasteiger partial charge in [-0.15, -0.1) is 0 Å². The van der Waals surface area contributed by atoms with Crippen molar-refractivity contribution in [2.24, 2.45) is 22.9 Å².